The topological polar surface area (TPSA) is 101 Å². The lowest BCUT2D eigenvalue weighted by atomic mass is 10.0. The van der Waals surface area contributed by atoms with Crippen molar-refractivity contribution in [3.8, 4) is 0 Å². The van der Waals surface area contributed by atoms with E-state index in [1.165, 1.54) is 0 Å². The third-order valence-corrected chi connectivity index (χ3v) is 3.93. The Morgan fingerprint density at radius 2 is 1.67 bits per heavy atom. The van der Waals surface area contributed by atoms with Crippen molar-refractivity contribution >= 4 is 17.8 Å². The van der Waals surface area contributed by atoms with E-state index < -0.39 is 18.4 Å². The second kappa shape index (κ2) is 4.96. The number of carboxylic acid groups (broad SMARTS) is 1. The van der Waals surface area contributed by atoms with Crippen LogP contribution >= 0.6 is 0 Å². The number of aliphatic carboxylic acids is 1. The zero-order valence-electron chi connectivity index (χ0n) is 10.2. The van der Waals surface area contributed by atoms with Crippen LogP contribution in [0.4, 0.5) is 0 Å². The smallest absolute Gasteiger partial charge is 0.323 e. The Labute approximate surface area is 105 Å². The Morgan fingerprint density at radius 1 is 1.11 bits per heavy atom. The number of carboxylic acids is 1. The maximum Gasteiger partial charge on any atom is 0.323 e. The van der Waals surface area contributed by atoms with Gasteiger partial charge in [0.05, 0.1) is 6.54 Å². The Bertz CT molecular complexity index is 354. The van der Waals surface area contributed by atoms with Crippen molar-refractivity contribution in [3.63, 3.8) is 0 Å². The molecule has 6 nitrogen and oxygen atoms in total. The lowest BCUT2D eigenvalue weighted by Gasteiger charge is -2.19. The summed E-state index contributed by atoms with van der Waals surface area (Å²) < 4.78 is 0. The molecule has 0 aromatic heterocycles. The average molecular weight is 254 g/mol. The van der Waals surface area contributed by atoms with Gasteiger partial charge in [-0.25, -0.2) is 0 Å². The fourth-order valence-corrected chi connectivity index (χ4v) is 3.13. The normalized spacial score (nSPS) is 29.2. The third-order valence-electron chi connectivity index (χ3n) is 3.93. The van der Waals surface area contributed by atoms with Gasteiger partial charge in [-0.1, -0.05) is 12.8 Å². The van der Waals surface area contributed by atoms with E-state index >= 15 is 0 Å². The van der Waals surface area contributed by atoms with Crippen LogP contribution in [0.3, 0.4) is 0 Å². The quantitative estimate of drug-likeness (QED) is 0.710. The van der Waals surface area contributed by atoms with E-state index in [0.717, 1.165) is 30.6 Å². The van der Waals surface area contributed by atoms with Gasteiger partial charge in [-0.15, -0.1) is 0 Å². The van der Waals surface area contributed by atoms with Gasteiger partial charge in [-0.05, 0) is 24.7 Å². The number of fused-ring (bicyclic) bond motifs is 1. The Balaban J connectivity index is 1.99. The van der Waals surface area contributed by atoms with E-state index in [1.807, 2.05) is 0 Å². The highest BCUT2D eigenvalue weighted by Gasteiger charge is 2.55. The van der Waals surface area contributed by atoms with Crippen LogP contribution in [0, 0.1) is 17.8 Å². The zero-order chi connectivity index (χ0) is 13.3. The summed E-state index contributed by atoms with van der Waals surface area (Å²) in [4.78, 5) is 34.9. The van der Waals surface area contributed by atoms with E-state index in [4.69, 9.17) is 10.8 Å². The summed E-state index contributed by atoms with van der Waals surface area (Å²) in [7, 11) is 0. The molecule has 6 heteroatoms. The molecule has 2 fully saturated rings. The molecule has 2 aliphatic carbocycles. The second-order valence-corrected chi connectivity index (χ2v) is 5.19. The average Bonchev–Trinajstić information content (AvgIpc) is 3.00. The molecule has 0 aliphatic heterocycles. The predicted octanol–water partition coefficient (Wildman–Crippen LogP) is -0.179. The minimum atomic E-state index is -1.12. The summed E-state index contributed by atoms with van der Waals surface area (Å²) in [6, 6.07) is 0. The molecular weight excluding hydrogens is 236 g/mol. The standard InChI is InChI=1S/C12H18N2O4/c13-9(15)5-14(6-10(16)17)12(18)11-7-3-1-2-4-8(7)11/h7-8,11H,1-6H2,(H2,13,15)(H,16,17). The molecule has 2 unspecified atom stereocenters. The number of rotatable bonds is 5. The van der Waals surface area contributed by atoms with E-state index in [-0.39, 0.29) is 18.4 Å². The largest absolute Gasteiger partial charge is 0.480 e. The van der Waals surface area contributed by atoms with Crippen LogP contribution < -0.4 is 5.73 Å². The Morgan fingerprint density at radius 3 is 2.11 bits per heavy atom. The minimum absolute atomic E-state index is 0.0776. The van der Waals surface area contributed by atoms with Crippen LogP contribution in [0.1, 0.15) is 25.7 Å². The molecule has 100 valence electrons. The predicted molar refractivity (Wildman–Crippen MR) is 62.3 cm³/mol. The van der Waals surface area contributed by atoms with Crippen LogP contribution in [0.15, 0.2) is 0 Å². The van der Waals surface area contributed by atoms with Crippen molar-refractivity contribution in [3.05, 3.63) is 0 Å². The molecule has 0 saturated heterocycles. The van der Waals surface area contributed by atoms with Crippen LogP contribution in [-0.2, 0) is 14.4 Å². The molecule has 2 atom stereocenters. The number of hydrogen-bond donors (Lipinski definition) is 2. The molecule has 0 spiro atoms. The lowest BCUT2D eigenvalue weighted by Crippen LogP contribution is -2.42. The summed E-state index contributed by atoms with van der Waals surface area (Å²) in [5.74, 6) is -1.29. The molecule has 0 heterocycles. The van der Waals surface area contributed by atoms with Crippen molar-refractivity contribution in [2.75, 3.05) is 13.1 Å². The van der Waals surface area contributed by atoms with Gasteiger partial charge in [0, 0.05) is 5.92 Å². The maximum absolute atomic E-state index is 12.2. The van der Waals surface area contributed by atoms with Crippen LogP contribution in [0.2, 0.25) is 0 Å². The van der Waals surface area contributed by atoms with E-state index in [2.05, 4.69) is 0 Å². The van der Waals surface area contributed by atoms with Gasteiger partial charge in [0.25, 0.3) is 0 Å². The lowest BCUT2D eigenvalue weighted by molar-refractivity contribution is -0.146. The van der Waals surface area contributed by atoms with E-state index in [1.54, 1.807) is 0 Å². The molecule has 0 aromatic rings. The fraction of sp³-hybridized carbons (Fsp3) is 0.750. The molecule has 2 aliphatic rings. The third kappa shape index (κ3) is 2.63. The molecular formula is C12H18N2O4. The SMILES string of the molecule is NC(=O)CN(CC(=O)O)C(=O)C1C2CCCCC21. The van der Waals surface area contributed by atoms with Crippen molar-refractivity contribution in [1.82, 2.24) is 4.90 Å². The van der Waals surface area contributed by atoms with Crippen LogP contribution in [-0.4, -0.2) is 40.9 Å². The van der Waals surface area contributed by atoms with Crippen molar-refractivity contribution in [2.24, 2.45) is 23.5 Å². The van der Waals surface area contributed by atoms with Crippen LogP contribution in [0.5, 0.6) is 0 Å². The summed E-state index contributed by atoms with van der Waals surface area (Å²) in [5.41, 5.74) is 5.05. The van der Waals surface area contributed by atoms with Gasteiger partial charge in [-0.3, -0.25) is 14.4 Å². The molecule has 0 aromatic carbocycles. The second-order valence-electron chi connectivity index (χ2n) is 5.19. The number of nitrogens with zero attached hydrogens (tertiary/aromatic N) is 1. The molecule has 0 bridgehead atoms. The molecule has 0 radical (unpaired) electrons. The first-order valence-corrected chi connectivity index (χ1v) is 6.29. The molecule has 2 rings (SSSR count). The van der Waals surface area contributed by atoms with Gasteiger partial charge >= 0.3 is 5.97 Å². The summed E-state index contributed by atoms with van der Waals surface area (Å²) >= 11 is 0. The van der Waals surface area contributed by atoms with Crippen molar-refractivity contribution in [2.45, 2.75) is 25.7 Å². The molecule has 3 N–H and O–H groups in total. The number of amides is 2. The number of carbonyl (C=O) groups is 3. The number of nitrogens with two attached hydrogens (primary N) is 1. The highest BCUT2D eigenvalue weighted by Crippen LogP contribution is 2.56. The van der Waals surface area contributed by atoms with Gasteiger partial charge in [0.15, 0.2) is 0 Å². The summed E-state index contributed by atoms with van der Waals surface area (Å²) in [6.45, 7) is -0.751. The van der Waals surface area contributed by atoms with Gasteiger partial charge < -0.3 is 15.7 Å². The molecule has 2 amide bonds. The first-order valence-electron chi connectivity index (χ1n) is 6.29. The van der Waals surface area contributed by atoms with Crippen molar-refractivity contribution in [1.29, 1.82) is 0 Å². The summed E-state index contributed by atoms with van der Waals surface area (Å²) in [5, 5.41) is 8.76. The monoisotopic (exact) mass is 254 g/mol. The van der Waals surface area contributed by atoms with Gasteiger partial charge in [0.2, 0.25) is 11.8 Å². The Hall–Kier alpha value is -1.59. The van der Waals surface area contributed by atoms with Gasteiger partial charge in [0.1, 0.15) is 6.54 Å². The number of carbonyl (C=O) groups excluding carboxylic acids is 2. The minimum Gasteiger partial charge on any atom is -0.480 e. The van der Waals surface area contributed by atoms with Gasteiger partial charge in [-0.2, -0.15) is 0 Å². The first kappa shape index (κ1) is 12.9. The number of hydrogen-bond acceptors (Lipinski definition) is 3. The zero-order valence-corrected chi connectivity index (χ0v) is 10.2. The van der Waals surface area contributed by atoms with E-state index in [0.29, 0.717) is 11.8 Å². The highest BCUT2D eigenvalue weighted by molar-refractivity contribution is 5.89. The number of primary amides is 1. The highest BCUT2D eigenvalue weighted by atomic mass is 16.4. The fourth-order valence-electron chi connectivity index (χ4n) is 3.13. The summed E-state index contributed by atoms with van der Waals surface area (Å²) in [6.07, 6.45) is 4.36. The molecule has 18 heavy (non-hydrogen) atoms. The Kier molecular flexibility index (Phi) is 3.54. The molecule has 2 saturated carbocycles. The maximum atomic E-state index is 12.2. The first-order chi connectivity index (χ1) is 8.50. The van der Waals surface area contributed by atoms with Crippen LogP contribution in [0.25, 0.3) is 0 Å². The van der Waals surface area contributed by atoms with E-state index in [9.17, 15) is 14.4 Å². The van der Waals surface area contributed by atoms with Crippen molar-refractivity contribution < 1.29 is 19.5 Å².